The zero-order chi connectivity index (χ0) is 16.6. The fraction of sp³-hybridized carbons (Fsp3) is 0.562. The molecule has 126 valence electrons. The Labute approximate surface area is 142 Å². The van der Waals surface area contributed by atoms with Gasteiger partial charge in [-0.1, -0.05) is 24.1 Å². The standard InChI is InChI=1S/C16H21ClN2O3S/c1-23(21,22)19(14-4-2-3-13(17)9-14)10-16(20)18-15-8-11-5-6-12(15)7-11/h2-4,9,11-12,15H,5-8,10H2,1H3,(H,18,20)/t11-,12+,15+/m1/s1. The highest BCUT2D eigenvalue weighted by molar-refractivity contribution is 7.92. The highest BCUT2D eigenvalue weighted by Crippen LogP contribution is 2.44. The number of carbonyl (C=O) groups is 1. The van der Waals surface area contributed by atoms with Crippen LogP contribution in [0.2, 0.25) is 5.02 Å². The van der Waals surface area contributed by atoms with Gasteiger partial charge in [0.25, 0.3) is 0 Å². The third kappa shape index (κ3) is 3.80. The largest absolute Gasteiger partial charge is 0.352 e. The highest BCUT2D eigenvalue weighted by Gasteiger charge is 2.40. The van der Waals surface area contributed by atoms with E-state index in [0.717, 1.165) is 22.9 Å². The lowest BCUT2D eigenvalue weighted by atomic mass is 9.95. The second kappa shape index (κ2) is 6.32. The number of benzene rings is 1. The number of hydrogen-bond acceptors (Lipinski definition) is 3. The van der Waals surface area contributed by atoms with Gasteiger partial charge in [-0.05, 0) is 49.3 Å². The Kier molecular flexibility index (Phi) is 4.56. The van der Waals surface area contributed by atoms with E-state index in [4.69, 9.17) is 11.6 Å². The van der Waals surface area contributed by atoms with Gasteiger partial charge < -0.3 is 5.32 Å². The summed E-state index contributed by atoms with van der Waals surface area (Å²) in [6.45, 7) is -0.215. The highest BCUT2D eigenvalue weighted by atomic mass is 35.5. The van der Waals surface area contributed by atoms with E-state index in [1.54, 1.807) is 24.3 Å². The van der Waals surface area contributed by atoms with Gasteiger partial charge >= 0.3 is 0 Å². The van der Waals surface area contributed by atoms with Crippen molar-refractivity contribution in [1.82, 2.24) is 5.32 Å². The molecule has 2 saturated carbocycles. The second-order valence-corrected chi connectivity index (χ2v) is 8.94. The van der Waals surface area contributed by atoms with Crippen LogP contribution in [0.5, 0.6) is 0 Å². The van der Waals surface area contributed by atoms with Crippen molar-refractivity contribution >= 4 is 33.2 Å². The molecule has 0 aliphatic heterocycles. The van der Waals surface area contributed by atoms with Crippen LogP contribution in [0.4, 0.5) is 5.69 Å². The van der Waals surface area contributed by atoms with Crippen LogP contribution >= 0.6 is 11.6 Å². The Hall–Kier alpha value is -1.27. The van der Waals surface area contributed by atoms with Crippen LogP contribution in [0, 0.1) is 11.8 Å². The first-order chi connectivity index (χ1) is 10.8. The van der Waals surface area contributed by atoms with Gasteiger partial charge in [-0.2, -0.15) is 0 Å². The van der Waals surface area contributed by atoms with E-state index < -0.39 is 10.0 Å². The predicted molar refractivity (Wildman–Crippen MR) is 91.0 cm³/mol. The number of anilines is 1. The first kappa shape index (κ1) is 16.6. The van der Waals surface area contributed by atoms with Crippen LogP contribution in [0.25, 0.3) is 0 Å². The molecule has 2 bridgehead atoms. The minimum Gasteiger partial charge on any atom is -0.352 e. The molecule has 1 N–H and O–H groups in total. The Bertz CT molecular complexity index is 707. The maximum Gasteiger partial charge on any atom is 0.241 e. The number of amides is 1. The fourth-order valence-electron chi connectivity index (χ4n) is 3.84. The number of nitrogens with one attached hydrogen (secondary N) is 1. The molecule has 3 atom stereocenters. The first-order valence-electron chi connectivity index (χ1n) is 7.85. The van der Waals surface area contributed by atoms with Gasteiger partial charge in [0.05, 0.1) is 11.9 Å². The molecule has 0 radical (unpaired) electrons. The third-order valence-electron chi connectivity index (χ3n) is 4.87. The summed E-state index contributed by atoms with van der Waals surface area (Å²) in [7, 11) is -3.56. The van der Waals surface area contributed by atoms with Gasteiger partial charge in [-0.3, -0.25) is 9.10 Å². The number of carbonyl (C=O) groups excluding carboxylic acids is 1. The van der Waals surface area contributed by atoms with Crippen LogP contribution in [0.1, 0.15) is 25.7 Å². The minimum atomic E-state index is -3.56. The molecule has 0 heterocycles. The molecule has 7 heteroatoms. The van der Waals surface area contributed by atoms with Gasteiger partial charge in [0.15, 0.2) is 0 Å². The van der Waals surface area contributed by atoms with Gasteiger partial charge in [-0.25, -0.2) is 8.42 Å². The first-order valence-corrected chi connectivity index (χ1v) is 10.1. The average Bonchev–Trinajstić information content (AvgIpc) is 3.06. The summed E-state index contributed by atoms with van der Waals surface area (Å²) >= 11 is 5.93. The predicted octanol–water partition coefficient (Wildman–Crippen LogP) is 2.41. The lowest BCUT2D eigenvalue weighted by molar-refractivity contribution is -0.120. The summed E-state index contributed by atoms with van der Waals surface area (Å²) in [4.78, 5) is 12.3. The quantitative estimate of drug-likeness (QED) is 0.881. The van der Waals surface area contributed by atoms with E-state index >= 15 is 0 Å². The summed E-state index contributed by atoms with van der Waals surface area (Å²) in [6, 6.07) is 6.72. The fourth-order valence-corrected chi connectivity index (χ4v) is 4.87. The van der Waals surface area contributed by atoms with Crippen LogP contribution in [0.15, 0.2) is 24.3 Å². The number of rotatable bonds is 5. The minimum absolute atomic E-state index is 0.196. The second-order valence-electron chi connectivity index (χ2n) is 6.60. The molecule has 0 saturated heterocycles. The molecular formula is C16H21ClN2O3S. The summed E-state index contributed by atoms with van der Waals surface area (Å²) < 4.78 is 25.2. The third-order valence-corrected chi connectivity index (χ3v) is 6.24. The molecule has 0 spiro atoms. The number of halogens is 1. The molecule has 3 rings (SSSR count). The van der Waals surface area contributed by atoms with E-state index in [1.807, 2.05) is 0 Å². The topological polar surface area (TPSA) is 66.5 Å². The van der Waals surface area contributed by atoms with Crippen molar-refractivity contribution in [3.8, 4) is 0 Å². The van der Waals surface area contributed by atoms with Gasteiger partial charge in [0.1, 0.15) is 6.54 Å². The molecule has 23 heavy (non-hydrogen) atoms. The molecule has 5 nitrogen and oxygen atoms in total. The van der Waals surface area contributed by atoms with E-state index in [-0.39, 0.29) is 18.5 Å². The molecule has 1 aromatic carbocycles. The van der Waals surface area contributed by atoms with E-state index in [1.165, 1.54) is 19.3 Å². The summed E-state index contributed by atoms with van der Waals surface area (Å²) in [5, 5.41) is 3.45. The Morgan fingerprint density at radius 2 is 2.13 bits per heavy atom. The van der Waals surface area contributed by atoms with Crippen molar-refractivity contribution in [2.45, 2.75) is 31.7 Å². The Morgan fingerprint density at radius 1 is 1.35 bits per heavy atom. The maximum absolute atomic E-state index is 12.3. The number of sulfonamides is 1. The van der Waals surface area contributed by atoms with Crippen molar-refractivity contribution < 1.29 is 13.2 Å². The molecule has 2 aliphatic carbocycles. The Balaban J connectivity index is 1.70. The van der Waals surface area contributed by atoms with Crippen molar-refractivity contribution in [2.75, 3.05) is 17.1 Å². The number of hydrogen-bond donors (Lipinski definition) is 1. The molecular weight excluding hydrogens is 336 g/mol. The molecule has 2 aliphatic rings. The summed E-state index contributed by atoms with van der Waals surface area (Å²) in [5.41, 5.74) is 0.406. The van der Waals surface area contributed by atoms with Crippen molar-refractivity contribution in [3.05, 3.63) is 29.3 Å². The van der Waals surface area contributed by atoms with E-state index in [9.17, 15) is 13.2 Å². The lowest BCUT2D eigenvalue weighted by Crippen LogP contribution is -2.45. The average molecular weight is 357 g/mol. The smallest absolute Gasteiger partial charge is 0.241 e. The van der Waals surface area contributed by atoms with E-state index in [2.05, 4.69) is 5.32 Å². The van der Waals surface area contributed by atoms with Gasteiger partial charge in [-0.15, -0.1) is 0 Å². The molecule has 0 aromatic heterocycles. The lowest BCUT2D eigenvalue weighted by Gasteiger charge is -2.26. The Morgan fingerprint density at radius 3 is 2.70 bits per heavy atom. The molecule has 1 amide bonds. The van der Waals surface area contributed by atoms with Gasteiger partial charge in [0, 0.05) is 11.1 Å². The zero-order valence-electron chi connectivity index (χ0n) is 13.0. The van der Waals surface area contributed by atoms with Crippen molar-refractivity contribution in [3.63, 3.8) is 0 Å². The van der Waals surface area contributed by atoms with Gasteiger partial charge in [0.2, 0.25) is 15.9 Å². The van der Waals surface area contributed by atoms with Crippen LogP contribution in [0.3, 0.4) is 0 Å². The summed E-state index contributed by atoms with van der Waals surface area (Å²) in [5.74, 6) is 1.03. The SMILES string of the molecule is CS(=O)(=O)N(CC(=O)N[C@H]1C[C@@H]2CC[C@H]1C2)c1cccc(Cl)c1. The van der Waals surface area contributed by atoms with Crippen LogP contribution in [-0.4, -0.2) is 33.2 Å². The molecule has 2 fully saturated rings. The number of nitrogens with zero attached hydrogens (tertiary/aromatic N) is 1. The molecule has 0 unspecified atom stereocenters. The van der Waals surface area contributed by atoms with Crippen molar-refractivity contribution in [2.24, 2.45) is 11.8 Å². The molecule has 1 aromatic rings. The van der Waals surface area contributed by atoms with Crippen molar-refractivity contribution in [1.29, 1.82) is 0 Å². The van der Waals surface area contributed by atoms with E-state index in [0.29, 0.717) is 16.6 Å². The van der Waals surface area contributed by atoms with Crippen LogP contribution < -0.4 is 9.62 Å². The number of fused-ring (bicyclic) bond motifs is 2. The monoisotopic (exact) mass is 356 g/mol. The summed E-state index contributed by atoms with van der Waals surface area (Å²) in [6.07, 6.45) is 5.73. The van der Waals surface area contributed by atoms with Crippen LogP contribution in [-0.2, 0) is 14.8 Å². The normalized spacial score (nSPS) is 26.3. The zero-order valence-corrected chi connectivity index (χ0v) is 14.6. The maximum atomic E-state index is 12.3.